The second-order valence-electron chi connectivity index (χ2n) is 4.05. The normalized spacial score (nSPS) is 13.9. The number of pyridine rings is 1. The van der Waals surface area contributed by atoms with Crippen molar-refractivity contribution in [3.8, 4) is 6.07 Å². The van der Waals surface area contributed by atoms with Gasteiger partial charge in [-0.05, 0) is 18.9 Å². The lowest BCUT2D eigenvalue weighted by molar-refractivity contribution is 0.494. The van der Waals surface area contributed by atoms with Crippen LogP contribution in [0.2, 0.25) is 0 Å². The highest BCUT2D eigenvalue weighted by atomic mass is 15.0. The molecule has 4 nitrogen and oxygen atoms in total. The number of rotatable bonds is 4. The van der Waals surface area contributed by atoms with Crippen LogP contribution in [0.1, 0.15) is 32.8 Å². The number of aromatic nitrogens is 1. The minimum atomic E-state index is 0.286. The highest BCUT2D eigenvalue weighted by Crippen LogP contribution is 2.21. The van der Waals surface area contributed by atoms with Crippen LogP contribution >= 0.6 is 0 Å². The van der Waals surface area contributed by atoms with E-state index in [-0.39, 0.29) is 6.04 Å². The summed E-state index contributed by atoms with van der Waals surface area (Å²) in [5.74, 6) is 1.14. The molecule has 0 aliphatic carbocycles. The Morgan fingerprint density at radius 1 is 1.56 bits per heavy atom. The van der Waals surface area contributed by atoms with Crippen LogP contribution in [0, 0.1) is 17.2 Å². The lowest BCUT2D eigenvalue weighted by atomic mass is 10.0. The minimum Gasteiger partial charge on any atom is -0.395 e. The van der Waals surface area contributed by atoms with Gasteiger partial charge < -0.3 is 11.1 Å². The number of nitrogens with two attached hydrogens (primary N) is 1. The molecular weight excluding hydrogens is 200 g/mol. The van der Waals surface area contributed by atoms with Crippen LogP contribution in [0.25, 0.3) is 0 Å². The van der Waals surface area contributed by atoms with Crippen LogP contribution in [-0.2, 0) is 0 Å². The highest BCUT2D eigenvalue weighted by Gasteiger charge is 2.13. The summed E-state index contributed by atoms with van der Waals surface area (Å²) in [7, 11) is 0. The van der Waals surface area contributed by atoms with Gasteiger partial charge in [0.2, 0.25) is 0 Å². The van der Waals surface area contributed by atoms with Gasteiger partial charge in [0, 0.05) is 12.2 Å². The minimum absolute atomic E-state index is 0.286. The van der Waals surface area contributed by atoms with Crippen molar-refractivity contribution < 1.29 is 0 Å². The van der Waals surface area contributed by atoms with Gasteiger partial charge in [0.05, 0.1) is 11.3 Å². The van der Waals surface area contributed by atoms with Gasteiger partial charge in [-0.15, -0.1) is 0 Å². The Bertz CT molecular complexity index is 394. The fraction of sp³-hybridized carbons (Fsp3) is 0.500. The summed E-state index contributed by atoms with van der Waals surface area (Å²) in [6.45, 7) is 6.40. The van der Waals surface area contributed by atoms with Gasteiger partial charge in [-0.3, -0.25) is 0 Å². The van der Waals surface area contributed by atoms with Gasteiger partial charge in [-0.25, -0.2) is 4.98 Å². The maximum Gasteiger partial charge on any atom is 0.150 e. The van der Waals surface area contributed by atoms with E-state index in [0.717, 1.165) is 6.42 Å². The molecule has 0 aliphatic heterocycles. The molecule has 0 aliphatic rings. The summed E-state index contributed by atoms with van der Waals surface area (Å²) in [6, 6.07) is 3.95. The third-order valence-electron chi connectivity index (χ3n) is 2.97. The lowest BCUT2D eigenvalue weighted by Gasteiger charge is -2.21. The molecule has 0 aromatic carbocycles. The molecule has 0 bridgehead atoms. The zero-order chi connectivity index (χ0) is 12.1. The van der Waals surface area contributed by atoms with E-state index < -0.39 is 0 Å². The molecule has 0 saturated carbocycles. The van der Waals surface area contributed by atoms with Crippen LogP contribution < -0.4 is 11.1 Å². The second-order valence-corrected chi connectivity index (χ2v) is 4.05. The van der Waals surface area contributed by atoms with Crippen LogP contribution in [0.3, 0.4) is 0 Å². The second kappa shape index (κ2) is 5.36. The topological polar surface area (TPSA) is 74.7 Å². The van der Waals surface area contributed by atoms with Crippen molar-refractivity contribution >= 4 is 11.5 Å². The SMILES string of the molecule is CCC(C)C(C)Nc1nccc(C#N)c1N. The summed E-state index contributed by atoms with van der Waals surface area (Å²) in [5.41, 5.74) is 6.73. The van der Waals surface area contributed by atoms with E-state index in [9.17, 15) is 0 Å². The largest absolute Gasteiger partial charge is 0.395 e. The monoisotopic (exact) mass is 218 g/mol. The van der Waals surface area contributed by atoms with Crippen LogP contribution in [0.5, 0.6) is 0 Å². The number of nitrogen functional groups attached to an aromatic ring is 1. The van der Waals surface area contributed by atoms with E-state index in [4.69, 9.17) is 11.0 Å². The lowest BCUT2D eigenvalue weighted by Crippen LogP contribution is -2.24. The molecule has 3 N–H and O–H groups in total. The van der Waals surface area contributed by atoms with Crippen molar-refractivity contribution in [1.82, 2.24) is 4.98 Å². The van der Waals surface area contributed by atoms with Crippen molar-refractivity contribution in [3.05, 3.63) is 17.8 Å². The predicted octanol–water partition coefficient (Wildman–Crippen LogP) is 2.38. The van der Waals surface area contributed by atoms with Crippen molar-refractivity contribution in [3.63, 3.8) is 0 Å². The quantitative estimate of drug-likeness (QED) is 0.813. The van der Waals surface area contributed by atoms with Crippen LogP contribution in [-0.4, -0.2) is 11.0 Å². The van der Waals surface area contributed by atoms with Crippen molar-refractivity contribution in [1.29, 1.82) is 5.26 Å². The smallest absolute Gasteiger partial charge is 0.150 e. The van der Waals surface area contributed by atoms with Crippen molar-refractivity contribution in [2.75, 3.05) is 11.1 Å². The Labute approximate surface area is 96.5 Å². The molecule has 0 spiro atoms. The molecule has 1 rings (SSSR count). The Hall–Kier alpha value is -1.76. The zero-order valence-corrected chi connectivity index (χ0v) is 9.99. The fourth-order valence-corrected chi connectivity index (χ4v) is 1.40. The van der Waals surface area contributed by atoms with Gasteiger partial charge in [0.1, 0.15) is 6.07 Å². The number of hydrogen-bond donors (Lipinski definition) is 2. The molecule has 4 heteroatoms. The molecule has 2 atom stereocenters. The van der Waals surface area contributed by atoms with E-state index in [1.54, 1.807) is 12.3 Å². The van der Waals surface area contributed by atoms with E-state index in [2.05, 4.69) is 31.1 Å². The molecule has 1 aromatic rings. The summed E-state index contributed by atoms with van der Waals surface area (Å²) in [6.07, 6.45) is 2.69. The molecule has 0 fully saturated rings. The highest BCUT2D eigenvalue weighted by molar-refractivity contribution is 5.69. The Morgan fingerprint density at radius 3 is 2.81 bits per heavy atom. The average Bonchev–Trinajstić information content (AvgIpc) is 2.30. The van der Waals surface area contributed by atoms with E-state index in [1.807, 2.05) is 6.07 Å². The van der Waals surface area contributed by atoms with Crippen molar-refractivity contribution in [2.45, 2.75) is 33.2 Å². The van der Waals surface area contributed by atoms with Gasteiger partial charge >= 0.3 is 0 Å². The first-order valence-electron chi connectivity index (χ1n) is 5.51. The standard InChI is InChI=1S/C12H18N4/c1-4-8(2)9(3)16-12-11(14)10(7-13)5-6-15-12/h5-6,8-9H,4,14H2,1-3H3,(H,15,16). The zero-order valence-electron chi connectivity index (χ0n) is 9.99. The van der Waals surface area contributed by atoms with Gasteiger partial charge in [-0.1, -0.05) is 20.3 Å². The maximum absolute atomic E-state index is 8.85. The number of nitriles is 1. The third-order valence-corrected chi connectivity index (χ3v) is 2.97. The summed E-state index contributed by atoms with van der Waals surface area (Å²) >= 11 is 0. The van der Waals surface area contributed by atoms with Crippen LogP contribution in [0.4, 0.5) is 11.5 Å². The Morgan fingerprint density at radius 2 is 2.25 bits per heavy atom. The van der Waals surface area contributed by atoms with Crippen LogP contribution in [0.15, 0.2) is 12.3 Å². The first kappa shape index (κ1) is 12.3. The molecule has 1 heterocycles. The number of nitrogens with one attached hydrogen (secondary N) is 1. The molecule has 0 radical (unpaired) electrons. The number of hydrogen-bond acceptors (Lipinski definition) is 4. The molecular formula is C12H18N4. The molecule has 2 unspecified atom stereocenters. The maximum atomic E-state index is 8.85. The third kappa shape index (κ3) is 2.63. The molecule has 86 valence electrons. The molecule has 0 amide bonds. The van der Waals surface area contributed by atoms with Gasteiger partial charge in [0.15, 0.2) is 5.82 Å². The predicted molar refractivity (Wildman–Crippen MR) is 65.9 cm³/mol. The number of anilines is 2. The fourth-order valence-electron chi connectivity index (χ4n) is 1.40. The van der Waals surface area contributed by atoms with Gasteiger partial charge in [-0.2, -0.15) is 5.26 Å². The summed E-state index contributed by atoms with van der Waals surface area (Å²) < 4.78 is 0. The van der Waals surface area contributed by atoms with E-state index in [0.29, 0.717) is 23.0 Å². The first-order chi connectivity index (χ1) is 7.60. The molecule has 1 aromatic heterocycles. The molecule has 0 saturated heterocycles. The van der Waals surface area contributed by atoms with Gasteiger partial charge in [0.25, 0.3) is 0 Å². The Balaban J connectivity index is 2.86. The number of nitrogens with zero attached hydrogens (tertiary/aromatic N) is 2. The Kier molecular flexibility index (Phi) is 4.12. The summed E-state index contributed by atoms with van der Waals surface area (Å²) in [5, 5.41) is 12.1. The average molecular weight is 218 g/mol. The van der Waals surface area contributed by atoms with Crippen molar-refractivity contribution in [2.24, 2.45) is 5.92 Å². The molecule has 16 heavy (non-hydrogen) atoms. The van der Waals surface area contributed by atoms with E-state index in [1.165, 1.54) is 0 Å². The van der Waals surface area contributed by atoms with E-state index >= 15 is 0 Å². The summed E-state index contributed by atoms with van der Waals surface area (Å²) in [4.78, 5) is 4.16. The first-order valence-corrected chi connectivity index (χ1v) is 5.51.